The van der Waals surface area contributed by atoms with Crippen LogP contribution in [0.2, 0.25) is 0 Å². The van der Waals surface area contributed by atoms with Crippen molar-refractivity contribution in [1.82, 2.24) is 21.3 Å². The Hall–Kier alpha value is -6.45. The minimum atomic E-state index is -1.72. The van der Waals surface area contributed by atoms with Gasteiger partial charge in [0.1, 0.15) is 24.7 Å². The average Bonchev–Trinajstić information content (AvgIpc) is 3.43. The van der Waals surface area contributed by atoms with Crippen LogP contribution in [0.15, 0.2) is 83.9 Å². The van der Waals surface area contributed by atoms with Gasteiger partial charge in [-0.15, -0.1) is 0 Å². The van der Waals surface area contributed by atoms with Crippen molar-refractivity contribution in [3.05, 3.63) is 95.6 Å². The molecule has 0 radical (unpaired) electrons. The fourth-order valence-corrected chi connectivity index (χ4v) is 5.80. The zero-order valence-electron chi connectivity index (χ0n) is 28.1. The maximum Gasteiger partial charge on any atom is 0.407 e. The number of nitrogens with one attached hydrogen (secondary N) is 4. The Morgan fingerprint density at radius 1 is 0.750 bits per heavy atom. The molecule has 0 unspecified atom stereocenters. The van der Waals surface area contributed by atoms with Crippen LogP contribution in [-0.2, 0) is 35.1 Å². The van der Waals surface area contributed by atoms with Crippen LogP contribution < -0.4 is 32.7 Å². The minimum absolute atomic E-state index is 0.00657. The van der Waals surface area contributed by atoms with Crippen LogP contribution in [0, 0.1) is 0 Å². The number of hydrogen-bond acceptors (Lipinski definition) is 8. The molecule has 1 aliphatic rings. The molecule has 52 heavy (non-hydrogen) atoms. The predicted octanol–water partition coefficient (Wildman–Crippen LogP) is 0.835. The summed E-state index contributed by atoms with van der Waals surface area (Å²) >= 11 is 0. The van der Waals surface area contributed by atoms with Gasteiger partial charge in [-0.2, -0.15) is 0 Å². The number of hydrogen-bond donors (Lipinski definition) is 8. The number of carbonyl (C=O) groups is 6. The van der Waals surface area contributed by atoms with Gasteiger partial charge >= 0.3 is 18.0 Å². The fourth-order valence-electron chi connectivity index (χ4n) is 5.80. The number of aliphatic carboxylic acids is 2. The normalized spacial score (nSPS) is 13.2. The first-order valence-corrected chi connectivity index (χ1v) is 16.5. The van der Waals surface area contributed by atoms with E-state index in [4.69, 9.17) is 21.3 Å². The average molecular weight is 716 g/mol. The molecule has 0 aromatic heterocycles. The van der Waals surface area contributed by atoms with Crippen molar-refractivity contribution in [2.45, 2.75) is 49.7 Å². The van der Waals surface area contributed by atoms with Crippen molar-refractivity contribution in [3.8, 4) is 11.1 Å². The fraction of sp³-hybridized carbons (Fsp3) is 0.306. The molecule has 0 saturated heterocycles. The number of nitrogens with two attached hydrogens (primary N) is 2. The van der Waals surface area contributed by atoms with Gasteiger partial charge in [-0.1, -0.05) is 78.9 Å². The van der Waals surface area contributed by atoms with E-state index >= 15 is 0 Å². The Balaban J connectivity index is 1.45. The molecule has 16 nitrogen and oxygen atoms in total. The van der Waals surface area contributed by atoms with Crippen LogP contribution in [0.3, 0.4) is 0 Å². The summed E-state index contributed by atoms with van der Waals surface area (Å²) in [6, 6.07) is 20.4. The van der Waals surface area contributed by atoms with Gasteiger partial charge in [-0.05, 0) is 40.7 Å². The number of alkyl carbamates (subject to hydrolysis) is 1. The van der Waals surface area contributed by atoms with Crippen LogP contribution in [-0.4, -0.2) is 89.7 Å². The second-order valence-corrected chi connectivity index (χ2v) is 12.0. The quantitative estimate of drug-likeness (QED) is 0.0519. The van der Waals surface area contributed by atoms with E-state index in [9.17, 15) is 33.9 Å². The van der Waals surface area contributed by atoms with Gasteiger partial charge in [0.05, 0.1) is 13.0 Å². The number of nitrogens with zero attached hydrogens (tertiary/aromatic N) is 1. The summed E-state index contributed by atoms with van der Waals surface area (Å²) in [7, 11) is 0. The number of amides is 4. The number of fused-ring (bicyclic) bond motifs is 3. The number of carbonyl (C=O) groups excluding carboxylic acids is 4. The molecule has 3 aromatic carbocycles. The predicted molar refractivity (Wildman–Crippen MR) is 189 cm³/mol. The third-order valence-corrected chi connectivity index (χ3v) is 8.25. The summed E-state index contributed by atoms with van der Waals surface area (Å²) in [5, 5.41) is 27.7. The number of ether oxygens (including phenoxy) is 1. The molecule has 1 aliphatic carbocycles. The third-order valence-electron chi connectivity index (χ3n) is 8.25. The van der Waals surface area contributed by atoms with E-state index in [0.717, 1.165) is 22.3 Å². The maximum atomic E-state index is 13.8. The van der Waals surface area contributed by atoms with Gasteiger partial charge in [0, 0.05) is 18.9 Å². The summed E-state index contributed by atoms with van der Waals surface area (Å²) in [6.07, 6.45) is -1.45. The first kappa shape index (κ1) is 38.4. The molecule has 3 atom stereocenters. The van der Waals surface area contributed by atoms with Crippen LogP contribution >= 0.6 is 0 Å². The number of carboxylic acid groups (broad SMARTS) is 2. The summed E-state index contributed by atoms with van der Waals surface area (Å²) in [4.78, 5) is 78.8. The standard InChI is InChI=1S/C36H41N7O9/c37-35(38)39-16-8-15-27(32(47)40-19-30(44)41-29(34(49)50)18-31(45)46)42-33(48)28(17-21-9-2-1-3-10-21)43-36(51)52-20-26-24-13-6-4-11-22(24)23-12-5-7-14-25(23)26/h1-7,9-14,26-29H,8,15-20H2,(H,40,47)(H,41,44)(H,42,48)(H,43,51)(H,45,46)(H,49,50)(H4,37,38,39)/t27-,28-,29-/m0/s1. The molecular weight excluding hydrogens is 674 g/mol. The van der Waals surface area contributed by atoms with Crippen LogP contribution in [0.1, 0.15) is 41.9 Å². The van der Waals surface area contributed by atoms with E-state index in [0.29, 0.717) is 5.56 Å². The molecule has 4 amide bonds. The third kappa shape index (κ3) is 11.0. The Morgan fingerprint density at radius 3 is 1.96 bits per heavy atom. The molecule has 0 spiro atoms. The number of carboxylic acids is 2. The molecule has 274 valence electrons. The van der Waals surface area contributed by atoms with Crippen LogP contribution in [0.5, 0.6) is 0 Å². The lowest BCUT2D eigenvalue weighted by atomic mass is 9.98. The Kier molecular flexibility index (Phi) is 13.7. The van der Waals surface area contributed by atoms with Gasteiger partial charge in [-0.3, -0.25) is 24.2 Å². The van der Waals surface area contributed by atoms with Crippen LogP contribution in [0.4, 0.5) is 4.79 Å². The first-order chi connectivity index (χ1) is 24.9. The van der Waals surface area contributed by atoms with Crippen molar-refractivity contribution in [2.75, 3.05) is 19.7 Å². The van der Waals surface area contributed by atoms with Crippen molar-refractivity contribution in [1.29, 1.82) is 0 Å². The van der Waals surface area contributed by atoms with E-state index < -0.39 is 66.8 Å². The van der Waals surface area contributed by atoms with Gasteiger partial charge in [0.25, 0.3) is 0 Å². The van der Waals surface area contributed by atoms with Crippen molar-refractivity contribution >= 4 is 41.7 Å². The lowest BCUT2D eigenvalue weighted by Crippen LogP contribution is -2.55. The molecular formula is C36H41N7O9. The lowest BCUT2D eigenvalue weighted by Gasteiger charge is -2.23. The molecule has 10 N–H and O–H groups in total. The summed E-state index contributed by atoms with van der Waals surface area (Å²) < 4.78 is 5.68. The Labute approximate surface area is 299 Å². The van der Waals surface area contributed by atoms with E-state index in [1.807, 2.05) is 53.8 Å². The van der Waals surface area contributed by atoms with Crippen LogP contribution in [0.25, 0.3) is 11.1 Å². The SMILES string of the molecule is NC(N)=NCCC[C@H](NC(=O)[C@H](Cc1ccccc1)NC(=O)OCC1c2ccccc2-c2ccccc21)C(=O)NCC(=O)N[C@@H](CC(=O)O)C(=O)O. The highest BCUT2D eigenvalue weighted by molar-refractivity contribution is 5.94. The smallest absolute Gasteiger partial charge is 0.407 e. The van der Waals surface area contributed by atoms with E-state index in [2.05, 4.69) is 20.9 Å². The zero-order chi connectivity index (χ0) is 37.6. The molecule has 16 heteroatoms. The van der Waals surface area contributed by atoms with Gasteiger partial charge in [-0.25, -0.2) is 9.59 Å². The second kappa shape index (κ2) is 18.5. The van der Waals surface area contributed by atoms with Gasteiger partial charge in [0.2, 0.25) is 17.7 Å². The van der Waals surface area contributed by atoms with Gasteiger partial charge in [0.15, 0.2) is 5.96 Å². The van der Waals surface area contributed by atoms with Crippen molar-refractivity contribution in [3.63, 3.8) is 0 Å². The lowest BCUT2D eigenvalue weighted by molar-refractivity contribution is -0.147. The molecule has 0 saturated carbocycles. The number of benzene rings is 3. The number of aliphatic imine (C=N–C) groups is 1. The molecule has 0 fully saturated rings. The van der Waals surface area contributed by atoms with E-state index in [-0.39, 0.29) is 44.3 Å². The monoisotopic (exact) mass is 715 g/mol. The van der Waals surface area contributed by atoms with Crippen molar-refractivity contribution < 1.29 is 43.7 Å². The highest BCUT2D eigenvalue weighted by Gasteiger charge is 2.31. The number of guanidine groups is 1. The minimum Gasteiger partial charge on any atom is -0.481 e. The van der Waals surface area contributed by atoms with E-state index in [1.54, 1.807) is 30.3 Å². The topological polar surface area (TPSA) is 265 Å². The zero-order valence-corrected chi connectivity index (χ0v) is 28.1. The molecule has 0 aliphatic heterocycles. The molecule has 0 heterocycles. The largest absolute Gasteiger partial charge is 0.481 e. The highest BCUT2D eigenvalue weighted by Crippen LogP contribution is 2.44. The number of rotatable bonds is 18. The summed E-state index contributed by atoms with van der Waals surface area (Å²) in [5.74, 6) is -5.91. The first-order valence-electron chi connectivity index (χ1n) is 16.5. The van der Waals surface area contributed by atoms with Gasteiger partial charge < -0.3 is 47.7 Å². The Morgan fingerprint density at radius 2 is 1.37 bits per heavy atom. The molecule has 0 bridgehead atoms. The van der Waals surface area contributed by atoms with E-state index in [1.165, 1.54) is 0 Å². The second-order valence-electron chi connectivity index (χ2n) is 12.0. The molecule has 4 rings (SSSR count). The van der Waals surface area contributed by atoms with Crippen molar-refractivity contribution in [2.24, 2.45) is 16.5 Å². The molecule has 3 aromatic rings. The highest BCUT2D eigenvalue weighted by atomic mass is 16.5. The summed E-state index contributed by atoms with van der Waals surface area (Å²) in [6.45, 7) is -0.593. The summed E-state index contributed by atoms with van der Waals surface area (Å²) in [5.41, 5.74) is 15.6. The maximum absolute atomic E-state index is 13.8. The Bertz CT molecular complexity index is 1750.